The average Bonchev–Trinajstić information content (AvgIpc) is 2.43. The summed E-state index contributed by atoms with van der Waals surface area (Å²) in [6, 6.07) is 10.9. The zero-order chi connectivity index (χ0) is 15.4. The maximum atomic E-state index is 13.4. The summed E-state index contributed by atoms with van der Waals surface area (Å²) in [6.45, 7) is 1.41. The second-order valence-corrected chi connectivity index (χ2v) is 5.11. The monoisotopic (exact) mass is 350 g/mol. The van der Waals surface area contributed by atoms with E-state index >= 15 is 0 Å². The Hall–Kier alpha value is -2.21. The van der Waals surface area contributed by atoms with Gasteiger partial charge in [-0.15, -0.1) is 0 Å². The first-order valence-electron chi connectivity index (χ1n) is 6.10. The number of nitrogens with one attached hydrogen (secondary N) is 2. The molecular formula is C15H12BrFN2O2. The second kappa shape index (κ2) is 6.49. The molecule has 2 rings (SSSR count). The molecule has 2 N–H and O–H groups in total. The third-order valence-electron chi connectivity index (χ3n) is 2.66. The van der Waals surface area contributed by atoms with Gasteiger partial charge in [0.05, 0.1) is 10.0 Å². The smallest absolute Gasteiger partial charge is 0.256 e. The highest BCUT2D eigenvalue weighted by Crippen LogP contribution is 2.22. The van der Waals surface area contributed by atoms with Crippen molar-refractivity contribution in [2.45, 2.75) is 6.92 Å². The molecule has 0 heterocycles. The van der Waals surface area contributed by atoms with Crippen molar-refractivity contribution in [1.29, 1.82) is 0 Å². The SMILES string of the molecule is CC(=O)Nc1ccc(NC(=O)c2cccc(F)c2Br)cc1. The minimum Gasteiger partial charge on any atom is -0.326 e. The number of carbonyl (C=O) groups is 2. The van der Waals surface area contributed by atoms with Crippen LogP contribution < -0.4 is 10.6 Å². The van der Waals surface area contributed by atoms with E-state index in [2.05, 4.69) is 26.6 Å². The van der Waals surface area contributed by atoms with Gasteiger partial charge in [0.15, 0.2) is 0 Å². The van der Waals surface area contributed by atoms with Crippen LogP contribution in [0.3, 0.4) is 0 Å². The van der Waals surface area contributed by atoms with Gasteiger partial charge >= 0.3 is 0 Å². The number of benzene rings is 2. The third kappa shape index (κ3) is 3.88. The molecule has 21 heavy (non-hydrogen) atoms. The second-order valence-electron chi connectivity index (χ2n) is 4.31. The Kier molecular flexibility index (Phi) is 4.70. The number of rotatable bonds is 3. The molecule has 0 aromatic heterocycles. The van der Waals surface area contributed by atoms with Crippen molar-refractivity contribution in [2.75, 3.05) is 10.6 Å². The van der Waals surface area contributed by atoms with Crippen LogP contribution in [-0.2, 0) is 4.79 Å². The molecule has 0 atom stereocenters. The van der Waals surface area contributed by atoms with Gasteiger partial charge in [-0.3, -0.25) is 9.59 Å². The molecule has 4 nitrogen and oxygen atoms in total. The zero-order valence-corrected chi connectivity index (χ0v) is 12.7. The van der Waals surface area contributed by atoms with Crippen LogP contribution in [0.25, 0.3) is 0 Å². The number of hydrogen-bond acceptors (Lipinski definition) is 2. The fraction of sp³-hybridized carbons (Fsp3) is 0.0667. The van der Waals surface area contributed by atoms with Crippen LogP contribution in [0.2, 0.25) is 0 Å². The molecule has 0 unspecified atom stereocenters. The van der Waals surface area contributed by atoms with Crippen LogP contribution >= 0.6 is 15.9 Å². The molecule has 6 heteroatoms. The number of halogens is 2. The average molecular weight is 351 g/mol. The van der Waals surface area contributed by atoms with E-state index in [1.807, 2.05) is 0 Å². The molecular weight excluding hydrogens is 339 g/mol. The molecule has 0 bridgehead atoms. The van der Waals surface area contributed by atoms with Crippen LogP contribution in [-0.4, -0.2) is 11.8 Å². The third-order valence-corrected chi connectivity index (χ3v) is 3.47. The summed E-state index contributed by atoms with van der Waals surface area (Å²) >= 11 is 3.05. The van der Waals surface area contributed by atoms with E-state index in [-0.39, 0.29) is 15.9 Å². The van der Waals surface area contributed by atoms with Crippen molar-refractivity contribution >= 4 is 39.1 Å². The predicted octanol–water partition coefficient (Wildman–Crippen LogP) is 3.80. The van der Waals surface area contributed by atoms with E-state index < -0.39 is 11.7 Å². The van der Waals surface area contributed by atoms with Gasteiger partial charge in [0.25, 0.3) is 5.91 Å². The molecule has 108 valence electrons. The largest absolute Gasteiger partial charge is 0.326 e. The van der Waals surface area contributed by atoms with Crippen molar-refractivity contribution < 1.29 is 14.0 Å². The molecule has 0 radical (unpaired) electrons. The van der Waals surface area contributed by atoms with E-state index in [1.54, 1.807) is 24.3 Å². The van der Waals surface area contributed by atoms with Crippen molar-refractivity contribution in [3.63, 3.8) is 0 Å². The molecule has 0 fully saturated rings. The molecule has 0 aliphatic heterocycles. The fourth-order valence-corrected chi connectivity index (χ4v) is 2.16. The van der Waals surface area contributed by atoms with Crippen LogP contribution in [0.15, 0.2) is 46.9 Å². The van der Waals surface area contributed by atoms with E-state index in [9.17, 15) is 14.0 Å². The highest BCUT2D eigenvalue weighted by Gasteiger charge is 2.13. The first-order chi connectivity index (χ1) is 9.97. The Morgan fingerprint density at radius 3 is 2.14 bits per heavy atom. The quantitative estimate of drug-likeness (QED) is 0.884. The highest BCUT2D eigenvalue weighted by molar-refractivity contribution is 9.10. The molecule has 0 spiro atoms. The Labute approximate surface area is 129 Å². The maximum Gasteiger partial charge on any atom is 0.256 e. The number of anilines is 2. The molecule has 0 aliphatic carbocycles. The number of amides is 2. The van der Waals surface area contributed by atoms with Crippen molar-refractivity contribution in [2.24, 2.45) is 0 Å². The summed E-state index contributed by atoms with van der Waals surface area (Å²) in [7, 11) is 0. The lowest BCUT2D eigenvalue weighted by atomic mass is 10.2. The van der Waals surface area contributed by atoms with E-state index in [1.165, 1.54) is 25.1 Å². The van der Waals surface area contributed by atoms with Crippen LogP contribution in [0.4, 0.5) is 15.8 Å². The first kappa shape index (κ1) is 15.2. The van der Waals surface area contributed by atoms with Crippen LogP contribution in [0.1, 0.15) is 17.3 Å². The standard InChI is InChI=1S/C15H12BrFN2O2/c1-9(20)18-10-5-7-11(8-6-10)19-15(21)12-3-2-4-13(17)14(12)16/h2-8H,1H3,(H,18,20)(H,19,21). The van der Waals surface area contributed by atoms with Crippen molar-refractivity contribution in [3.05, 3.63) is 58.3 Å². The summed E-state index contributed by atoms with van der Waals surface area (Å²) < 4.78 is 13.5. The minimum atomic E-state index is -0.497. The van der Waals surface area contributed by atoms with Gasteiger partial charge in [0, 0.05) is 18.3 Å². The summed E-state index contributed by atoms with van der Waals surface area (Å²) in [5.41, 5.74) is 1.39. The van der Waals surface area contributed by atoms with Gasteiger partial charge in [-0.25, -0.2) is 4.39 Å². The Morgan fingerprint density at radius 1 is 1.00 bits per heavy atom. The minimum absolute atomic E-state index is 0.123. The summed E-state index contributed by atoms with van der Waals surface area (Å²) in [5, 5.41) is 5.28. The first-order valence-corrected chi connectivity index (χ1v) is 6.89. The number of hydrogen-bond donors (Lipinski definition) is 2. The summed E-state index contributed by atoms with van der Waals surface area (Å²) in [4.78, 5) is 23.0. The Bertz CT molecular complexity index is 687. The topological polar surface area (TPSA) is 58.2 Å². The van der Waals surface area contributed by atoms with Gasteiger partial charge in [-0.1, -0.05) is 6.07 Å². The molecule has 0 saturated heterocycles. The highest BCUT2D eigenvalue weighted by atomic mass is 79.9. The van der Waals surface area contributed by atoms with Crippen molar-refractivity contribution in [3.8, 4) is 0 Å². The lowest BCUT2D eigenvalue weighted by Crippen LogP contribution is -2.13. The zero-order valence-electron chi connectivity index (χ0n) is 11.1. The number of carbonyl (C=O) groups excluding carboxylic acids is 2. The van der Waals surface area contributed by atoms with Gasteiger partial charge in [0.1, 0.15) is 5.82 Å². The molecule has 0 aliphatic rings. The van der Waals surface area contributed by atoms with E-state index in [0.717, 1.165) is 0 Å². The molecule has 0 saturated carbocycles. The normalized spacial score (nSPS) is 10.0. The van der Waals surface area contributed by atoms with Gasteiger partial charge < -0.3 is 10.6 Å². The van der Waals surface area contributed by atoms with Crippen LogP contribution in [0, 0.1) is 5.82 Å². The van der Waals surface area contributed by atoms with Gasteiger partial charge in [-0.05, 0) is 52.3 Å². The van der Waals surface area contributed by atoms with Gasteiger partial charge in [-0.2, -0.15) is 0 Å². The molecule has 2 aromatic rings. The van der Waals surface area contributed by atoms with Crippen molar-refractivity contribution in [1.82, 2.24) is 0 Å². The Balaban J connectivity index is 2.12. The fourth-order valence-electron chi connectivity index (χ4n) is 1.72. The predicted molar refractivity (Wildman–Crippen MR) is 82.8 cm³/mol. The molecule has 2 amide bonds. The Morgan fingerprint density at radius 2 is 1.57 bits per heavy atom. The van der Waals surface area contributed by atoms with E-state index in [0.29, 0.717) is 11.4 Å². The summed E-state index contributed by atoms with van der Waals surface area (Å²) in [6.07, 6.45) is 0. The lowest BCUT2D eigenvalue weighted by molar-refractivity contribution is -0.114. The summed E-state index contributed by atoms with van der Waals surface area (Å²) in [5.74, 6) is -1.09. The van der Waals surface area contributed by atoms with Gasteiger partial charge in [0.2, 0.25) is 5.91 Å². The molecule has 2 aromatic carbocycles. The lowest BCUT2D eigenvalue weighted by Gasteiger charge is -2.08. The van der Waals surface area contributed by atoms with Crippen LogP contribution in [0.5, 0.6) is 0 Å². The van der Waals surface area contributed by atoms with E-state index in [4.69, 9.17) is 0 Å². The maximum absolute atomic E-state index is 13.4.